The summed E-state index contributed by atoms with van der Waals surface area (Å²) < 4.78 is 0. The lowest BCUT2D eigenvalue weighted by Gasteiger charge is -2.36. The van der Waals surface area contributed by atoms with Crippen LogP contribution >= 0.6 is 8.58 Å². The molecule has 0 aromatic heterocycles. The van der Waals surface area contributed by atoms with Gasteiger partial charge in [0.2, 0.25) is 0 Å². The highest BCUT2D eigenvalue weighted by atomic mass is 31.1. The molecule has 0 fully saturated rings. The van der Waals surface area contributed by atoms with Crippen molar-refractivity contribution in [3.05, 3.63) is 71.8 Å². The van der Waals surface area contributed by atoms with Gasteiger partial charge in [-0.1, -0.05) is 127 Å². The summed E-state index contributed by atoms with van der Waals surface area (Å²) in [6, 6.07) is 22.7. The molecule has 1 unspecified atom stereocenters. The Kier molecular flexibility index (Phi) is 11.0. The molecule has 1 atom stereocenters. The summed E-state index contributed by atoms with van der Waals surface area (Å²) in [5, 5.41) is 0.192. The van der Waals surface area contributed by atoms with Gasteiger partial charge in [0.1, 0.15) is 0 Å². The van der Waals surface area contributed by atoms with Gasteiger partial charge in [-0.15, -0.1) is 8.58 Å². The van der Waals surface area contributed by atoms with Crippen LogP contribution in [0.5, 0.6) is 0 Å². The van der Waals surface area contributed by atoms with E-state index in [-0.39, 0.29) is 5.16 Å². The molecule has 0 N–H and O–H groups in total. The Bertz CT molecular complexity index is 605. The van der Waals surface area contributed by atoms with Crippen LogP contribution in [0.1, 0.15) is 90.2 Å². The van der Waals surface area contributed by atoms with E-state index >= 15 is 0 Å². The van der Waals surface area contributed by atoms with E-state index in [1.165, 1.54) is 68.7 Å². The molecule has 2 aromatic rings. The van der Waals surface area contributed by atoms with Crippen molar-refractivity contribution in [3.63, 3.8) is 0 Å². The predicted molar refractivity (Wildman–Crippen MR) is 133 cm³/mol. The third-order valence-corrected chi connectivity index (χ3v) is 8.04. The topological polar surface area (TPSA) is 0 Å². The first-order valence-electron chi connectivity index (χ1n) is 11.9. The minimum absolute atomic E-state index is 0.192. The van der Waals surface area contributed by atoms with E-state index in [4.69, 9.17) is 0 Å². The highest BCUT2D eigenvalue weighted by molar-refractivity contribution is 7.39. The number of benzene rings is 2. The average Bonchev–Trinajstić information content (AvgIpc) is 2.73. The van der Waals surface area contributed by atoms with Crippen molar-refractivity contribution >= 4 is 8.58 Å². The zero-order valence-electron chi connectivity index (χ0n) is 19.3. The van der Waals surface area contributed by atoms with Crippen molar-refractivity contribution in [2.45, 2.75) is 84.2 Å². The predicted octanol–water partition coefficient (Wildman–Crippen LogP) is 9.04. The Morgan fingerprint density at radius 1 is 0.621 bits per heavy atom. The largest absolute Gasteiger partial charge is 0.106 e. The fraction of sp³-hybridized carbons (Fsp3) is 0.571. The second-order valence-corrected chi connectivity index (χ2v) is 11.2. The number of unbranched alkanes of at least 4 members (excludes halogenated alkanes) is 3. The second kappa shape index (κ2) is 13.2. The molecule has 0 bridgehead atoms. The molecule has 0 heterocycles. The van der Waals surface area contributed by atoms with Gasteiger partial charge in [-0.05, 0) is 42.0 Å². The molecule has 1 heteroatoms. The van der Waals surface area contributed by atoms with Crippen LogP contribution in [-0.2, 0) is 5.16 Å². The zero-order valence-corrected chi connectivity index (χ0v) is 20.3. The van der Waals surface area contributed by atoms with E-state index in [2.05, 4.69) is 88.4 Å². The van der Waals surface area contributed by atoms with Crippen molar-refractivity contribution in [1.82, 2.24) is 0 Å². The van der Waals surface area contributed by atoms with Crippen LogP contribution < -0.4 is 0 Å². The lowest BCUT2D eigenvalue weighted by atomic mass is 9.85. The minimum atomic E-state index is 0.192. The highest BCUT2D eigenvalue weighted by Crippen LogP contribution is 2.51. The molecule has 0 spiro atoms. The smallest absolute Gasteiger partial charge is 0.0372 e. The van der Waals surface area contributed by atoms with Crippen LogP contribution in [0.3, 0.4) is 0 Å². The summed E-state index contributed by atoms with van der Waals surface area (Å²) in [4.78, 5) is 0. The first-order chi connectivity index (χ1) is 14.0. The summed E-state index contributed by atoms with van der Waals surface area (Å²) in [6.07, 6.45) is 12.2. The number of hydrogen-bond acceptors (Lipinski definition) is 0. The van der Waals surface area contributed by atoms with Crippen LogP contribution in [0.4, 0.5) is 0 Å². The molecule has 0 nitrogen and oxygen atoms in total. The van der Waals surface area contributed by atoms with Gasteiger partial charge < -0.3 is 0 Å². The molecule has 0 radical (unpaired) electrons. The maximum atomic E-state index is 2.38. The summed E-state index contributed by atoms with van der Waals surface area (Å²) in [5.41, 5.74) is 3.05. The molecule has 0 aliphatic heterocycles. The van der Waals surface area contributed by atoms with Crippen molar-refractivity contribution in [3.8, 4) is 0 Å². The van der Waals surface area contributed by atoms with Crippen LogP contribution in [-0.4, -0.2) is 6.16 Å². The van der Waals surface area contributed by atoms with Crippen LogP contribution in [0, 0.1) is 11.8 Å². The van der Waals surface area contributed by atoms with Crippen molar-refractivity contribution in [2.75, 3.05) is 6.16 Å². The molecule has 0 aliphatic rings. The number of hydrogen-bond donors (Lipinski definition) is 0. The molecule has 160 valence electrons. The molecule has 2 aromatic carbocycles. The van der Waals surface area contributed by atoms with Gasteiger partial charge in [0.25, 0.3) is 0 Å². The molecular formula is C28H43P. The Morgan fingerprint density at radius 3 is 1.59 bits per heavy atom. The summed E-state index contributed by atoms with van der Waals surface area (Å²) in [5.74, 6) is 1.65. The molecule has 0 aliphatic carbocycles. The van der Waals surface area contributed by atoms with Crippen LogP contribution in [0.25, 0.3) is 0 Å². The van der Waals surface area contributed by atoms with Gasteiger partial charge in [0.05, 0.1) is 0 Å². The van der Waals surface area contributed by atoms with Crippen molar-refractivity contribution < 1.29 is 0 Å². The zero-order chi connectivity index (χ0) is 21.0. The maximum absolute atomic E-state index is 2.38. The van der Waals surface area contributed by atoms with Crippen LogP contribution in [0.2, 0.25) is 0 Å². The van der Waals surface area contributed by atoms with Gasteiger partial charge in [-0.25, -0.2) is 0 Å². The highest BCUT2D eigenvalue weighted by Gasteiger charge is 2.33. The van der Waals surface area contributed by atoms with Gasteiger partial charge in [0, 0.05) is 5.16 Å². The first-order valence-corrected chi connectivity index (χ1v) is 13.1. The van der Waals surface area contributed by atoms with E-state index in [1.54, 1.807) is 0 Å². The number of rotatable bonds is 14. The van der Waals surface area contributed by atoms with Gasteiger partial charge in [0.15, 0.2) is 0 Å². The monoisotopic (exact) mass is 410 g/mol. The maximum Gasteiger partial charge on any atom is 0.0372 e. The third-order valence-electron chi connectivity index (χ3n) is 6.00. The third kappa shape index (κ3) is 8.25. The molecule has 2 rings (SSSR count). The Labute approximate surface area is 182 Å². The lowest BCUT2D eigenvalue weighted by molar-refractivity contribution is 0.502. The minimum Gasteiger partial charge on any atom is -0.106 e. The summed E-state index contributed by atoms with van der Waals surface area (Å²) in [6.45, 7) is 9.38. The molecule has 0 saturated carbocycles. The standard InChI is InChI=1S/C28H43P/c1-24(2)16-8-7-15-23-29-28(22-14-13-17-25(3)4,26-18-9-5-10-19-26)27-20-11-6-12-21-27/h5-6,9-12,18-21,24-25,29H,7-8,13-17,22-23H2,1-4H3. The Balaban J connectivity index is 2.16. The van der Waals surface area contributed by atoms with E-state index in [0.29, 0.717) is 0 Å². The van der Waals surface area contributed by atoms with Crippen molar-refractivity contribution in [2.24, 2.45) is 11.8 Å². The fourth-order valence-corrected chi connectivity index (χ4v) is 6.24. The molecule has 0 saturated heterocycles. The molecule has 29 heavy (non-hydrogen) atoms. The van der Waals surface area contributed by atoms with E-state index in [9.17, 15) is 0 Å². The van der Waals surface area contributed by atoms with E-state index in [1.807, 2.05) is 0 Å². The van der Waals surface area contributed by atoms with Crippen LogP contribution in [0.15, 0.2) is 60.7 Å². The van der Waals surface area contributed by atoms with Gasteiger partial charge >= 0.3 is 0 Å². The molecular weight excluding hydrogens is 367 g/mol. The Morgan fingerprint density at radius 2 is 1.10 bits per heavy atom. The fourth-order valence-electron chi connectivity index (χ4n) is 4.29. The summed E-state index contributed by atoms with van der Waals surface area (Å²) >= 11 is 0. The lowest BCUT2D eigenvalue weighted by Crippen LogP contribution is -2.23. The molecule has 0 amide bonds. The van der Waals surface area contributed by atoms with E-state index < -0.39 is 0 Å². The van der Waals surface area contributed by atoms with Crippen molar-refractivity contribution in [1.29, 1.82) is 0 Å². The SMILES string of the molecule is CC(C)CCCCCPC(CCCCC(C)C)(c1ccccc1)c1ccccc1. The first kappa shape index (κ1) is 24.1. The van der Waals surface area contributed by atoms with Gasteiger partial charge in [-0.3, -0.25) is 0 Å². The van der Waals surface area contributed by atoms with E-state index in [0.717, 1.165) is 20.4 Å². The van der Waals surface area contributed by atoms with Gasteiger partial charge in [-0.2, -0.15) is 0 Å². The normalized spacial score (nSPS) is 12.5. The summed E-state index contributed by atoms with van der Waals surface area (Å²) in [7, 11) is 0.960. The average molecular weight is 411 g/mol. The Hall–Kier alpha value is -1.13. The quantitative estimate of drug-likeness (QED) is 0.215. The second-order valence-electron chi connectivity index (χ2n) is 9.45.